The number of anilines is 2. The lowest BCUT2D eigenvalue weighted by Gasteiger charge is -2.36. The maximum Gasteiger partial charge on any atom is 0.410 e. The summed E-state index contributed by atoms with van der Waals surface area (Å²) in [4.78, 5) is 82.9. The number of H-pyrrole nitrogens is 1. The van der Waals surface area contributed by atoms with Crippen LogP contribution in [-0.4, -0.2) is 112 Å². The number of nitrogens with one attached hydrogen (secondary N) is 3. The Morgan fingerprint density at radius 3 is 2.33 bits per heavy atom. The van der Waals surface area contributed by atoms with E-state index in [0.717, 1.165) is 105 Å². The van der Waals surface area contributed by atoms with Crippen molar-refractivity contribution in [2.24, 2.45) is 0 Å². The molecule has 8 rings (SSSR count). The Labute approximate surface area is 312 Å². The monoisotopic (exact) mass is 736 g/mol. The molecule has 4 fully saturated rings. The van der Waals surface area contributed by atoms with Gasteiger partial charge in [0.1, 0.15) is 12.1 Å². The second-order valence-electron chi connectivity index (χ2n) is 14.9. The van der Waals surface area contributed by atoms with Crippen LogP contribution >= 0.6 is 0 Å². The number of hydrogen-bond donors (Lipinski definition) is 3. The number of piperidine rings is 1. The Balaban J connectivity index is 0.780. The summed E-state index contributed by atoms with van der Waals surface area (Å²) in [7, 11) is 0. The average molecular weight is 737 g/mol. The van der Waals surface area contributed by atoms with Crippen molar-refractivity contribution in [2.45, 2.75) is 76.0 Å². The Kier molecular flexibility index (Phi) is 9.88. The van der Waals surface area contributed by atoms with Crippen molar-refractivity contribution in [1.29, 1.82) is 0 Å². The number of fused-ring (bicyclic) bond motifs is 1. The number of amides is 6. The highest BCUT2D eigenvalue weighted by Crippen LogP contribution is 2.36. The molecular weight excluding hydrogens is 692 g/mol. The quantitative estimate of drug-likeness (QED) is 0.277. The number of piperazine rings is 1. The maximum atomic E-state index is 13.3. The van der Waals surface area contributed by atoms with Gasteiger partial charge in [-0.3, -0.25) is 44.2 Å². The molecule has 1 saturated carbocycles. The number of rotatable bonds is 9. The topological polar surface area (TPSA) is 177 Å². The Hall–Kier alpha value is -5.57. The van der Waals surface area contributed by atoms with Gasteiger partial charge in [0.05, 0.1) is 17.5 Å². The SMILES string of the molecule is O=C1CCC(N2C(=O)c3ccc(N4CCN(Cc5ccc(CC(=O)Nc6cc([C@H]7CC[C@@H](OC(=O)N8CCCC8)C7)[nH]n6)cc5)CC4)cc3C2=O)C(=O)N1. The molecule has 3 saturated heterocycles. The molecule has 282 valence electrons. The highest BCUT2D eigenvalue weighted by molar-refractivity contribution is 6.23. The number of nitrogens with zero attached hydrogens (tertiary/aromatic N) is 5. The maximum absolute atomic E-state index is 13.3. The van der Waals surface area contributed by atoms with E-state index >= 15 is 0 Å². The molecule has 4 aliphatic heterocycles. The molecule has 5 heterocycles. The number of carbonyl (C=O) groups is 6. The summed E-state index contributed by atoms with van der Waals surface area (Å²) in [5.41, 5.74) is 4.37. The molecule has 15 nitrogen and oxygen atoms in total. The smallest absolute Gasteiger partial charge is 0.410 e. The first-order valence-corrected chi connectivity index (χ1v) is 18.9. The Morgan fingerprint density at radius 1 is 0.833 bits per heavy atom. The summed E-state index contributed by atoms with van der Waals surface area (Å²) in [6.07, 6.45) is 4.64. The van der Waals surface area contributed by atoms with Gasteiger partial charge in [-0.1, -0.05) is 24.3 Å². The molecule has 3 atom stereocenters. The Bertz CT molecular complexity index is 1960. The second kappa shape index (κ2) is 15.0. The van der Waals surface area contributed by atoms with E-state index in [4.69, 9.17) is 4.74 Å². The van der Waals surface area contributed by atoms with Crippen molar-refractivity contribution in [3.63, 3.8) is 0 Å². The number of aromatic nitrogens is 2. The van der Waals surface area contributed by atoms with Crippen molar-refractivity contribution < 1.29 is 33.5 Å². The van der Waals surface area contributed by atoms with E-state index in [2.05, 4.69) is 30.6 Å². The molecule has 5 aliphatic rings. The lowest BCUT2D eigenvalue weighted by molar-refractivity contribution is -0.136. The number of imide groups is 2. The summed E-state index contributed by atoms with van der Waals surface area (Å²) < 4.78 is 5.74. The first-order chi connectivity index (χ1) is 26.2. The predicted octanol–water partition coefficient (Wildman–Crippen LogP) is 3.18. The summed E-state index contributed by atoms with van der Waals surface area (Å²) >= 11 is 0. The lowest BCUT2D eigenvalue weighted by atomic mass is 10.0. The lowest BCUT2D eigenvalue weighted by Crippen LogP contribution is -2.54. The number of carbonyl (C=O) groups excluding carboxylic acids is 6. The number of aromatic amines is 1. The van der Waals surface area contributed by atoms with E-state index in [1.807, 2.05) is 36.4 Å². The molecule has 0 radical (unpaired) electrons. The van der Waals surface area contributed by atoms with Crippen LogP contribution in [0.25, 0.3) is 0 Å². The van der Waals surface area contributed by atoms with Crippen LogP contribution in [0.5, 0.6) is 0 Å². The highest BCUT2D eigenvalue weighted by Gasteiger charge is 2.45. The average Bonchev–Trinajstić information content (AvgIpc) is 3.99. The fourth-order valence-corrected chi connectivity index (χ4v) is 8.27. The minimum absolute atomic E-state index is 0.0816. The molecule has 54 heavy (non-hydrogen) atoms. The van der Waals surface area contributed by atoms with Gasteiger partial charge >= 0.3 is 6.09 Å². The fourth-order valence-electron chi connectivity index (χ4n) is 8.27. The zero-order valence-electron chi connectivity index (χ0n) is 30.1. The van der Waals surface area contributed by atoms with Gasteiger partial charge in [0, 0.05) is 75.6 Å². The van der Waals surface area contributed by atoms with Crippen LogP contribution in [0.3, 0.4) is 0 Å². The summed E-state index contributed by atoms with van der Waals surface area (Å²) in [5, 5.41) is 12.5. The minimum Gasteiger partial charge on any atom is -0.446 e. The van der Waals surface area contributed by atoms with Crippen molar-refractivity contribution in [3.8, 4) is 0 Å². The molecule has 1 unspecified atom stereocenters. The fraction of sp³-hybridized carbons (Fsp3) is 0.462. The van der Waals surface area contributed by atoms with Crippen molar-refractivity contribution >= 4 is 47.1 Å². The first kappa shape index (κ1) is 35.5. The standard InChI is InChI=1S/C39H44N8O7/c48-34-12-11-32(36(50)41-34)47-37(51)29-10-8-27(21-30(29)38(47)52)45-17-15-44(16-18-45)23-25-5-3-24(4-6-25)19-35(49)40-33-22-31(42-43-33)26-7-9-28(20-26)54-39(53)46-13-1-2-14-46/h3-6,8,10,21-22,26,28,32H,1-2,7,9,11-20,23H2,(H,41,48,50)(H2,40,42,43,49)/t26-,28+,32?/m0/s1. The van der Waals surface area contributed by atoms with Crippen LogP contribution in [0.15, 0.2) is 48.5 Å². The summed E-state index contributed by atoms with van der Waals surface area (Å²) in [6, 6.07) is 14.2. The van der Waals surface area contributed by atoms with Gasteiger partial charge < -0.3 is 19.9 Å². The van der Waals surface area contributed by atoms with E-state index in [9.17, 15) is 28.8 Å². The van der Waals surface area contributed by atoms with Crippen molar-refractivity contribution in [3.05, 3.63) is 76.5 Å². The van der Waals surface area contributed by atoms with Gasteiger partial charge in [-0.2, -0.15) is 5.10 Å². The molecule has 1 aromatic heterocycles. The van der Waals surface area contributed by atoms with E-state index < -0.39 is 29.7 Å². The van der Waals surface area contributed by atoms with E-state index in [1.165, 1.54) is 0 Å². The molecule has 0 bridgehead atoms. The molecule has 1 aliphatic carbocycles. The van der Waals surface area contributed by atoms with Crippen LogP contribution in [0.4, 0.5) is 16.3 Å². The molecular formula is C39H44N8O7. The highest BCUT2D eigenvalue weighted by atomic mass is 16.6. The molecule has 6 amide bonds. The number of likely N-dealkylation sites (tertiary alicyclic amines) is 1. The molecule has 3 N–H and O–H groups in total. The number of ether oxygens (including phenoxy) is 1. The second-order valence-corrected chi connectivity index (χ2v) is 14.9. The van der Waals surface area contributed by atoms with Crippen LogP contribution in [0.1, 0.15) is 88.4 Å². The van der Waals surface area contributed by atoms with Crippen LogP contribution in [0, 0.1) is 0 Å². The van der Waals surface area contributed by atoms with Gasteiger partial charge in [0.2, 0.25) is 17.7 Å². The van der Waals surface area contributed by atoms with Crippen molar-refractivity contribution in [2.75, 3.05) is 49.5 Å². The zero-order chi connectivity index (χ0) is 37.3. The third-order valence-electron chi connectivity index (χ3n) is 11.3. The predicted molar refractivity (Wildman–Crippen MR) is 196 cm³/mol. The number of hydrogen-bond acceptors (Lipinski definition) is 10. The van der Waals surface area contributed by atoms with Crippen molar-refractivity contribution in [1.82, 2.24) is 30.2 Å². The molecule has 0 spiro atoms. The van der Waals surface area contributed by atoms with Crippen LogP contribution in [0.2, 0.25) is 0 Å². The van der Waals surface area contributed by atoms with Crippen LogP contribution in [-0.2, 0) is 32.1 Å². The molecule has 2 aromatic carbocycles. The van der Waals surface area contributed by atoms with E-state index in [0.29, 0.717) is 5.82 Å². The van der Waals surface area contributed by atoms with Gasteiger partial charge in [-0.25, -0.2) is 4.79 Å². The zero-order valence-corrected chi connectivity index (χ0v) is 30.1. The molecule has 3 aromatic rings. The minimum atomic E-state index is -0.986. The Morgan fingerprint density at radius 2 is 1.57 bits per heavy atom. The summed E-state index contributed by atoms with van der Waals surface area (Å²) in [5.74, 6) is -1.50. The largest absolute Gasteiger partial charge is 0.446 e. The van der Waals surface area contributed by atoms with E-state index in [1.54, 1.807) is 17.0 Å². The van der Waals surface area contributed by atoms with Crippen LogP contribution < -0.4 is 15.5 Å². The van der Waals surface area contributed by atoms with Gasteiger partial charge in [0.15, 0.2) is 5.82 Å². The molecule has 15 heteroatoms. The van der Waals surface area contributed by atoms with E-state index in [-0.39, 0.29) is 54.4 Å². The first-order valence-electron chi connectivity index (χ1n) is 18.9. The normalized spacial score (nSPS) is 23.2. The van der Waals surface area contributed by atoms with Gasteiger partial charge in [0.25, 0.3) is 11.8 Å². The van der Waals surface area contributed by atoms with Gasteiger partial charge in [-0.05, 0) is 67.9 Å². The third-order valence-corrected chi connectivity index (χ3v) is 11.3. The summed E-state index contributed by atoms with van der Waals surface area (Å²) in [6.45, 7) is 5.37. The van der Waals surface area contributed by atoms with Gasteiger partial charge in [-0.15, -0.1) is 0 Å². The number of benzene rings is 2. The third kappa shape index (κ3) is 7.45.